The molecule has 6 nitrogen and oxygen atoms in total. The number of aliphatic hydroxyl groups excluding tert-OH is 1. The molecule has 0 spiro atoms. The minimum Gasteiger partial charge on any atom is -0.459 e. The molecular weight excluding hydrogens is 320 g/mol. The second-order valence-corrected chi connectivity index (χ2v) is 6.17. The number of nitrogens with one attached hydrogen (secondary N) is 1. The van der Waals surface area contributed by atoms with Crippen molar-refractivity contribution in [2.45, 2.75) is 31.7 Å². The van der Waals surface area contributed by atoms with Gasteiger partial charge in [-0.15, -0.1) is 0 Å². The summed E-state index contributed by atoms with van der Waals surface area (Å²) in [7, 11) is 0. The van der Waals surface area contributed by atoms with Crippen LogP contribution in [-0.2, 0) is 0 Å². The quantitative estimate of drug-likeness (QED) is 0.723. The highest BCUT2D eigenvalue weighted by Crippen LogP contribution is 2.28. The molecule has 2 amide bonds. The Hall–Kier alpha value is -2.60. The number of anilines is 1. The van der Waals surface area contributed by atoms with Gasteiger partial charge in [0.1, 0.15) is 0 Å². The van der Waals surface area contributed by atoms with Crippen molar-refractivity contribution in [1.82, 2.24) is 4.90 Å². The van der Waals surface area contributed by atoms with Gasteiger partial charge in [-0.25, -0.2) is 0 Å². The summed E-state index contributed by atoms with van der Waals surface area (Å²) >= 11 is 0. The second kappa shape index (κ2) is 7.98. The monoisotopic (exact) mass is 342 g/mol. The van der Waals surface area contributed by atoms with E-state index >= 15 is 0 Å². The zero-order valence-corrected chi connectivity index (χ0v) is 14.0. The molecule has 132 valence electrons. The van der Waals surface area contributed by atoms with E-state index in [2.05, 4.69) is 5.32 Å². The third-order valence-electron chi connectivity index (χ3n) is 4.19. The van der Waals surface area contributed by atoms with E-state index in [4.69, 9.17) is 9.52 Å². The maximum absolute atomic E-state index is 12.7. The van der Waals surface area contributed by atoms with E-state index in [1.807, 2.05) is 4.90 Å². The molecule has 0 unspecified atom stereocenters. The summed E-state index contributed by atoms with van der Waals surface area (Å²) in [5.41, 5.74) is 1.21. The number of rotatable bonds is 8. The molecule has 0 atom stereocenters. The molecule has 25 heavy (non-hydrogen) atoms. The van der Waals surface area contributed by atoms with E-state index in [0.29, 0.717) is 30.3 Å². The van der Waals surface area contributed by atoms with Gasteiger partial charge in [-0.1, -0.05) is 0 Å². The minimum atomic E-state index is -0.326. The van der Waals surface area contributed by atoms with Gasteiger partial charge in [0, 0.05) is 30.4 Å². The number of nitrogens with zero attached hydrogens (tertiary/aromatic N) is 1. The number of carbonyl (C=O) groups is 2. The lowest BCUT2D eigenvalue weighted by atomic mass is 10.1. The highest BCUT2D eigenvalue weighted by molar-refractivity contribution is 6.02. The summed E-state index contributed by atoms with van der Waals surface area (Å²) in [4.78, 5) is 26.5. The largest absolute Gasteiger partial charge is 0.459 e. The van der Waals surface area contributed by atoms with Crippen LogP contribution < -0.4 is 5.32 Å². The molecule has 0 saturated heterocycles. The number of carbonyl (C=O) groups excluding carboxylic acids is 2. The molecule has 1 aromatic carbocycles. The number of furan rings is 1. The number of hydrogen-bond donors (Lipinski definition) is 2. The van der Waals surface area contributed by atoms with Gasteiger partial charge in [-0.05, 0) is 62.1 Å². The van der Waals surface area contributed by atoms with E-state index < -0.39 is 0 Å². The van der Waals surface area contributed by atoms with Crippen LogP contribution in [-0.4, -0.2) is 41.0 Å². The highest BCUT2D eigenvalue weighted by atomic mass is 16.3. The Bertz CT molecular complexity index is 706. The van der Waals surface area contributed by atoms with E-state index in [0.717, 1.165) is 19.3 Å². The fourth-order valence-electron chi connectivity index (χ4n) is 2.69. The second-order valence-electron chi connectivity index (χ2n) is 6.17. The zero-order valence-electron chi connectivity index (χ0n) is 14.0. The van der Waals surface area contributed by atoms with Crippen LogP contribution in [0.4, 0.5) is 5.69 Å². The van der Waals surface area contributed by atoms with Crippen LogP contribution >= 0.6 is 0 Å². The number of benzene rings is 1. The van der Waals surface area contributed by atoms with E-state index in [-0.39, 0.29) is 24.2 Å². The first kappa shape index (κ1) is 17.2. The molecule has 1 aliphatic rings. The van der Waals surface area contributed by atoms with Crippen LogP contribution in [0, 0.1) is 0 Å². The molecule has 0 aliphatic heterocycles. The molecule has 6 heteroatoms. The lowest BCUT2D eigenvalue weighted by Gasteiger charge is -2.22. The molecule has 1 heterocycles. The van der Waals surface area contributed by atoms with Crippen LogP contribution in [0.3, 0.4) is 0 Å². The van der Waals surface area contributed by atoms with Crippen molar-refractivity contribution in [2.75, 3.05) is 18.5 Å². The topological polar surface area (TPSA) is 82.8 Å². The smallest absolute Gasteiger partial charge is 0.291 e. The van der Waals surface area contributed by atoms with Crippen LogP contribution in [0.5, 0.6) is 0 Å². The molecular formula is C19H22N2O4. The van der Waals surface area contributed by atoms with Crippen molar-refractivity contribution in [1.29, 1.82) is 0 Å². The molecule has 1 saturated carbocycles. The van der Waals surface area contributed by atoms with Gasteiger partial charge in [0.15, 0.2) is 5.76 Å². The predicted molar refractivity (Wildman–Crippen MR) is 93.5 cm³/mol. The van der Waals surface area contributed by atoms with Gasteiger partial charge in [-0.2, -0.15) is 0 Å². The van der Waals surface area contributed by atoms with Crippen LogP contribution in [0.2, 0.25) is 0 Å². The zero-order chi connectivity index (χ0) is 17.6. The maximum Gasteiger partial charge on any atom is 0.291 e. The van der Waals surface area contributed by atoms with Gasteiger partial charge < -0.3 is 19.7 Å². The lowest BCUT2D eigenvalue weighted by molar-refractivity contribution is 0.0737. The number of hydrogen-bond acceptors (Lipinski definition) is 4. The van der Waals surface area contributed by atoms with Gasteiger partial charge in [0.25, 0.3) is 11.8 Å². The van der Waals surface area contributed by atoms with Gasteiger partial charge in [0.2, 0.25) is 0 Å². The molecule has 1 aromatic heterocycles. The van der Waals surface area contributed by atoms with E-state index in [1.165, 1.54) is 6.26 Å². The maximum atomic E-state index is 12.7. The summed E-state index contributed by atoms with van der Waals surface area (Å²) in [5, 5.41) is 11.6. The fourth-order valence-corrected chi connectivity index (χ4v) is 2.69. The molecule has 3 rings (SSSR count). The van der Waals surface area contributed by atoms with Gasteiger partial charge >= 0.3 is 0 Å². The van der Waals surface area contributed by atoms with Crippen molar-refractivity contribution in [3.63, 3.8) is 0 Å². The van der Waals surface area contributed by atoms with Gasteiger partial charge in [-0.3, -0.25) is 9.59 Å². The van der Waals surface area contributed by atoms with Crippen molar-refractivity contribution >= 4 is 17.5 Å². The van der Waals surface area contributed by atoms with Crippen LogP contribution in [0.15, 0.2) is 47.1 Å². The lowest BCUT2D eigenvalue weighted by Crippen LogP contribution is -2.34. The first-order valence-corrected chi connectivity index (χ1v) is 8.56. The van der Waals surface area contributed by atoms with Crippen molar-refractivity contribution in [3.05, 3.63) is 54.0 Å². The van der Waals surface area contributed by atoms with Crippen molar-refractivity contribution < 1.29 is 19.1 Å². The normalized spacial score (nSPS) is 13.5. The van der Waals surface area contributed by atoms with Crippen LogP contribution in [0.25, 0.3) is 0 Å². The third kappa shape index (κ3) is 4.48. The summed E-state index contributed by atoms with van der Waals surface area (Å²) < 4.78 is 5.05. The molecule has 0 bridgehead atoms. The highest BCUT2D eigenvalue weighted by Gasteiger charge is 2.32. The van der Waals surface area contributed by atoms with E-state index in [1.54, 1.807) is 36.4 Å². The average molecular weight is 342 g/mol. The van der Waals surface area contributed by atoms with Crippen molar-refractivity contribution in [3.8, 4) is 0 Å². The SMILES string of the molecule is O=C(Nc1ccc(C(=O)N(CCCCO)C2CC2)cc1)c1ccco1. The molecule has 1 fully saturated rings. The standard InChI is InChI=1S/C19H22N2O4/c22-12-2-1-11-21(16-9-10-16)19(24)14-5-7-15(8-6-14)20-18(23)17-4-3-13-25-17/h3-8,13,16,22H,1-2,9-12H2,(H,20,23). The summed E-state index contributed by atoms with van der Waals surface area (Å²) in [6, 6.07) is 10.4. The summed E-state index contributed by atoms with van der Waals surface area (Å²) in [5.74, 6) is -0.0824. The Morgan fingerprint density at radius 3 is 2.52 bits per heavy atom. The molecule has 2 N–H and O–H groups in total. The molecule has 1 aliphatic carbocycles. The average Bonchev–Trinajstić information content (AvgIpc) is 3.31. The number of unbranched alkanes of at least 4 members (excludes halogenated alkanes) is 1. The number of amides is 2. The first-order valence-electron chi connectivity index (χ1n) is 8.56. The van der Waals surface area contributed by atoms with Gasteiger partial charge in [0.05, 0.1) is 6.26 Å². The number of aliphatic hydroxyl groups is 1. The first-order chi connectivity index (χ1) is 12.2. The summed E-state index contributed by atoms with van der Waals surface area (Å²) in [6.45, 7) is 0.817. The fraction of sp³-hybridized carbons (Fsp3) is 0.368. The van der Waals surface area contributed by atoms with E-state index in [9.17, 15) is 9.59 Å². The summed E-state index contributed by atoms with van der Waals surface area (Å²) in [6.07, 6.45) is 5.04. The molecule has 2 aromatic rings. The Morgan fingerprint density at radius 1 is 1.16 bits per heavy atom. The minimum absolute atomic E-state index is 0.00403. The predicted octanol–water partition coefficient (Wildman–Crippen LogP) is 2.91. The third-order valence-corrected chi connectivity index (χ3v) is 4.19. The molecule has 0 radical (unpaired) electrons. The Kier molecular flexibility index (Phi) is 5.50. The Labute approximate surface area is 146 Å². The Balaban J connectivity index is 1.62. The Morgan fingerprint density at radius 2 is 1.92 bits per heavy atom. The van der Waals surface area contributed by atoms with Crippen molar-refractivity contribution in [2.24, 2.45) is 0 Å². The van der Waals surface area contributed by atoms with Crippen LogP contribution in [0.1, 0.15) is 46.6 Å².